The third-order valence-corrected chi connectivity index (χ3v) is 5.35. The zero-order valence-electron chi connectivity index (χ0n) is 13.9. The fourth-order valence-corrected chi connectivity index (χ4v) is 3.80. The first kappa shape index (κ1) is 17.6. The number of aromatic nitrogens is 3. The van der Waals surface area contributed by atoms with E-state index in [-0.39, 0.29) is 16.3 Å². The zero-order valence-corrected chi connectivity index (χ0v) is 15.5. The first-order valence-electron chi connectivity index (χ1n) is 8.15. The van der Waals surface area contributed by atoms with Gasteiger partial charge in [-0.05, 0) is 25.0 Å². The SMILES string of the molecule is O=C(Nc1nc2cnc(N3CCCC3)nc2s1)c1ccc(Cl)c([N+](=O)[O-])c1. The molecule has 1 aliphatic rings. The summed E-state index contributed by atoms with van der Waals surface area (Å²) >= 11 is 7.00. The Labute approximate surface area is 162 Å². The van der Waals surface area contributed by atoms with Crippen molar-refractivity contribution in [1.82, 2.24) is 15.0 Å². The lowest BCUT2D eigenvalue weighted by molar-refractivity contribution is -0.384. The normalized spacial score (nSPS) is 13.9. The summed E-state index contributed by atoms with van der Waals surface area (Å²) in [5, 5.41) is 13.9. The van der Waals surface area contributed by atoms with Gasteiger partial charge < -0.3 is 4.90 Å². The van der Waals surface area contributed by atoms with Crippen molar-refractivity contribution in [1.29, 1.82) is 0 Å². The van der Waals surface area contributed by atoms with Crippen molar-refractivity contribution >= 4 is 56.0 Å². The third kappa shape index (κ3) is 3.53. The highest BCUT2D eigenvalue weighted by molar-refractivity contribution is 7.22. The minimum atomic E-state index is -0.633. The minimum Gasteiger partial charge on any atom is -0.341 e. The lowest BCUT2D eigenvalue weighted by Crippen LogP contribution is -2.20. The molecule has 9 nitrogen and oxygen atoms in total. The minimum absolute atomic E-state index is 0.0266. The summed E-state index contributed by atoms with van der Waals surface area (Å²) in [5.41, 5.74) is 0.379. The van der Waals surface area contributed by atoms with Crippen molar-refractivity contribution in [2.24, 2.45) is 0 Å². The lowest BCUT2D eigenvalue weighted by atomic mass is 10.2. The van der Waals surface area contributed by atoms with Crippen molar-refractivity contribution in [3.05, 3.63) is 45.1 Å². The number of hydrogen-bond acceptors (Lipinski definition) is 8. The third-order valence-electron chi connectivity index (χ3n) is 4.15. The van der Waals surface area contributed by atoms with Gasteiger partial charge in [0.2, 0.25) is 5.95 Å². The second-order valence-corrected chi connectivity index (χ2v) is 7.34. The number of rotatable bonds is 4. The highest BCUT2D eigenvalue weighted by Crippen LogP contribution is 2.28. The van der Waals surface area contributed by atoms with E-state index in [2.05, 4.69) is 25.2 Å². The molecule has 0 radical (unpaired) electrons. The number of nitrogens with zero attached hydrogens (tertiary/aromatic N) is 5. The Hall–Kier alpha value is -2.85. The number of nitrogens with one attached hydrogen (secondary N) is 1. The molecule has 1 amide bonds. The van der Waals surface area contributed by atoms with Gasteiger partial charge >= 0.3 is 0 Å². The molecule has 0 spiro atoms. The first-order valence-corrected chi connectivity index (χ1v) is 9.34. The van der Waals surface area contributed by atoms with Crippen LogP contribution in [0.5, 0.6) is 0 Å². The maximum atomic E-state index is 12.4. The molecule has 11 heteroatoms. The number of benzene rings is 1. The molecule has 1 aliphatic heterocycles. The van der Waals surface area contributed by atoms with Crippen molar-refractivity contribution in [2.75, 3.05) is 23.3 Å². The number of thiazole rings is 1. The molecule has 4 rings (SSSR count). The van der Waals surface area contributed by atoms with E-state index in [1.54, 1.807) is 6.20 Å². The molecule has 2 aromatic heterocycles. The van der Waals surface area contributed by atoms with E-state index in [1.165, 1.54) is 23.5 Å². The summed E-state index contributed by atoms with van der Waals surface area (Å²) in [5.74, 6) is 0.149. The fourth-order valence-electron chi connectivity index (χ4n) is 2.81. The van der Waals surface area contributed by atoms with Gasteiger partial charge in [0.15, 0.2) is 9.96 Å². The van der Waals surface area contributed by atoms with Crippen LogP contribution in [0.25, 0.3) is 10.3 Å². The Balaban J connectivity index is 1.57. The molecule has 0 saturated carbocycles. The van der Waals surface area contributed by atoms with Crippen LogP contribution in [0.4, 0.5) is 16.8 Å². The summed E-state index contributed by atoms with van der Waals surface area (Å²) in [6, 6.07) is 3.88. The van der Waals surface area contributed by atoms with Gasteiger partial charge in [-0.2, -0.15) is 4.98 Å². The molecular weight excluding hydrogens is 392 g/mol. The Bertz CT molecular complexity index is 1050. The van der Waals surface area contributed by atoms with Crippen LogP contribution >= 0.6 is 22.9 Å². The van der Waals surface area contributed by atoms with Crippen LogP contribution in [0, 0.1) is 10.1 Å². The molecule has 27 heavy (non-hydrogen) atoms. The number of carbonyl (C=O) groups excluding carboxylic acids is 1. The molecule has 1 aromatic carbocycles. The number of amides is 1. The molecule has 1 N–H and O–H groups in total. The molecule has 3 heterocycles. The summed E-state index contributed by atoms with van der Waals surface area (Å²) in [6.07, 6.45) is 3.88. The largest absolute Gasteiger partial charge is 0.341 e. The second kappa shape index (κ2) is 7.05. The van der Waals surface area contributed by atoms with E-state index in [4.69, 9.17) is 11.6 Å². The van der Waals surface area contributed by atoms with Gasteiger partial charge in [-0.1, -0.05) is 22.9 Å². The molecule has 0 atom stereocenters. The Morgan fingerprint density at radius 3 is 2.81 bits per heavy atom. The van der Waals surface area contributed by atoms with Gasteiger partial charge in [-0.25, -0.2) is 9.97 Å². The van der Waals surface area contributed by atoms with Crippen LogP contribution in [0.3, 0.4) is 0 Å². The van der Waals surface area contributed by atoms with Crippen LogP contribution in [0.15, 0.2) is 24.4 Å². The van der Waals surface area contributed by atoms with Gasteiger partial charge in [0.25, 0.3) is 11.6 Å². The number of halogens is 1. The molecular formula is C16H13ClN6O3S. The fraction of sp³-hybridized carbons (Fsp3) is 0.250. The summed E-state index contributed by atoms with van der Waals surface area (Å²) in [4.78, 5) is 38.7. The highest BCUT2D eigenvalue weighted by atomic mass is 35.5. The van der Waals surface area contributed by atoms with E-state index >= 15 is 0 Å². The summed E-state index contributed by atoms with van der Waals surface area (Å²) < 4.78 is 0. The van der Waals surface area contributed by atoms with Crippen molar-refractivity contribution in [2.45, 2.75) is 12.8 Å². The van der Waals surface area contributed by atoms with Crippen LogP contribution in [0.1, 0.15) is 23.2 Å². The quantitative estimate of drug-likeness (QED) is 0.522. The van der Waals surface area contributed by atoms with Gasteiger partial charge in [-0.15, -0.1) is 0 Å². The van der Waals surface area contributed by atoms with E-state index in [0.29, 0.717) is 21.4 Å². The van der Waals surface area contributed by atoms with E-state index in [1.807, 2.05) is 0 Å². The van der Waals surface area contributed by atoms with Crippen LogP contribution < -0.4 is 10.2 Å². The molecule has 3 aromatic rings. The van der Waals surface area contributed by atoms with Gasteiger partial charge in [0.05, 0.1) is 11.1 Å². The van der Waals surface area contributed by atoms with Crippen LogP contribution in [0.2, 0.25) is 5.02 Å². The van der Waals surface area contributed by atoms with Crippen molar-refractivity contribution in [3.8, 4) is 0 Å². The predicted molar refractivity (Wildman–Crippen MR) is 103 cm³/mol. The molecule has 0 unspecified atom stereocenters. The topological polar surface area (TPSA) is 114 Å². The maximum absolute atomic E-state index is 12.4. The number of fused-ring (bicyclic) bond motifs is 1. The summed E-state index contributed by atoms with van der Waals surface area (Å²) in [7, 11) is 0. The Kier molecular flexibility index (Phi) is 4.58. The molecule has 1 fully saturated rings. The maximum Gasteiger partial charge on any atom is 0.288 e. The lowest BCUT2D eigenvalue weighted by Gasteiger charge is -2.13. The molecule has 0 bridgehead atoms. The van der Waals surface area contributed by atoms with E-state index in [9.17, 15) is 14.9 Å². The number of nitro groups is 1. The van der Waals surface area contributed by atoms with Gasteiger partial charge in [0.1, 0.15) is 10.5 Å². The van der Waals surface area contributed by atoms with E-state index < -0.39 is 10.8 Å². The molecule has 0 aliphatic carbocycles. The molecule has 1 saturated heterocycles. The average molecular weight is 405 g/mol. The zero-order chi connectivity index (χ0) is 19.0. The highest BCUT2D eigenvalue weighted by Gasteiger charge is 2.19. The van der Waals surface area contributed by atoms with Gasteiger partial charge in [0, 0.05) is 24.7 Å². The average Bonchev–Trinajstić information content (AvgIpc) is 3.30. The second-order valence-electron chi connectivity index (χ2n) is 5.95. The first-order chi connectivity index (χ1) is 13.0. The smallest absolute Gasteiger partial charge is 0.288 e. The molecule has 138 valence electrons. The van der Waals surface area contributed by atoms with Crippen molar-refractivity contribution < 1.29 is 9.72 Å². The number of carbonyl (C=O) groups is 1. The van der Waals surface area contributed by atoms with Gasteiger partial charge in [-0.3, -0.25) is 20.2 Å². The Morgan fingerprint density at radius 1 is 1.30 bits per heavy atom. The van der Waals surface area contributed by atoms with Crippen LogP contribution in [-0.2, 0) is 0 Å². The number of anilines is 2. The summed E-state index contributed by atoms with van der Waals surface area (Å²) in [6.45, 7) is 1.87. The Morgan fingerprint density at radius 2 is 2.07 bits per heavy atom. The standard InChI is InChI=1S/C16H13ClN6O3S/c17-10-4-3-9(7-12(10)23(25)26)13(24)20-16-19-11-8-18-15(21-14(11)27-16)22-5-1-2-6-22/h3-4,7-8H,1-2,5-6H2,(H,19,20,24). The van der Waals surface area contributed by atoms with E-state index in [0.717, 1.165) is 32.0 Å². The monoisotopic (exact) mass is 404 g/mol. The number of hydrogen-bond donors (Lipinski definition) is 1. The van der Waals surface area contributed by atoms with Crippen LogP contribution in [-0.4, -0.2) is 38.9 Å². The van der Waals surface area contributed by atoms with Crippen molar-refractivity contribution in [3.63, 3.8) is 0 Å². The number of nitro benzene ring substituents is 1. The predicted octanol–water partition coefficient (Wildman–Crippen LogP) is 3.50.